The molecule has 0 unspecified atom stereocenters. The van der Waals surface area contributed by atoms with Crippen LogP contribution in [-0.2, 0) is 0 Å². The number of nitrogens with zero attached hydrogens (tertiary/aromatic N) is 1. The number of H-pyrrole nitrogens is 1. The Balaban J connectivity index is 2.40. The summed E-state index contributed by atoms with van der Waals surface area (Å²) in [5, 5.41) is 0. The number of hydrogen-bond donors (Lipinski definition) is 1. The molecule has 0 aliphatic carbocycles. The lowest BCUT2D eigenvalue weighted by molar-refractivity contribution is 1.29. The van der Waals surface area contributed by atoms with Crippen molar-refractivity contribution in [3.63, 3.8) is 0 Å². The maximum atomic E-state index is 4.03. The van der Waals surface area contributed by atoms with Crippen LogP contribution >= 0.6 is 0 Å². The highest BCUT2D eigenvalue weighted by Gasteiger charge is 2.00. The molecule has 0 bridgehead atoms. The van der Waals surface area contributed by atoms with E-state index in [1.54, 1.807) is 6.33 Å². The highest BCUT2D eigenvalue weighted by Crippen LogP contribution is 2.19. The lowest BCUT2D eigenvalue weighted by Gasteiger charge is -2.05. The lowest BCUT2D eigenvalue weighted by Crippen LogP contribution is -1.86. The molecule has 0 aliphatic heterocycles. The first kappa shape index (κ1) is 10.7. The molecule has 0 saturated carbocycles. The second kappa shape index (κ2) is 4.35. The molecule has 2 nitrogen and oxygen atoms in total. The predicted octanol–water partition coefficient (Wildman–Crippen LogP) is 3.59. The molecular formula is C14H16N2. The maximum absolute atomic E-state index is 4.03. The summed E-state index contributed by atoms with van der Waals surface area (Å²) >= 11 is 0. The van der Waals surface area contributed by atoms with E-state index in [9.17, 15) is 0 Å². The topological polar surface area (TPSA) is 28.7 Å². The van der Waals surface area contributed by atoms with Crippen LogP contribution in [0.1, 0.15) is 29.3 Å². The standard InChI is InChI=1S/C14H16N2/c1-10-5-4-6-13(12(10)3)7-11(2)14-8-15-9-16-14/h4-9H,1-3H3,(H,15,16). The molecule has 2 heteroatoms. The molecule has 2 rings (SSSR count). The number of nitrogens with one attached hydrogen (secondary N) is 1. The van der Waals surface area contributed by atoms with Crippen molar-refractivity contribution in [2.45, 2.75) is 20.8 Å². The van der Waals surface area contributed by atoms with Crippen LogP contribution in [0.3, 0.4) is 0 Å². The normalized spacial score (nSPS) is 11.8. The van der Waals surface area contributed by atoms with Crippen molar-refractivity contribution in [3.8, 4) is 0 Å². The van der Waals surface area contributed by atoms with E-state index in [-0.39, 0.29) is 0 Å². The van der Waals surface area contributed by atoms with Gasteiger partial charge in [-0.1, -0.05) is 18.2 Å². The molecule has 0 fully saturated rings. The van der Waals surface area contributed by atoms with E-state index in [0.717, 1.165) is 5.69 Å². The van der Waals surface area contributed by atoms with Crippen LogP contribution < -0.4 is 0 Å². The number of hydrogen-bond acceptors (Lipinski definition) is 1. The zero-order chi connectivity index (χ0) is 11.5. The summed E-state index contributed by atoms with van der Waals surface area (Å²) in [5.74, 6) is 0. The molecule has 2 aromatic rings. The Morgan fingerprint density at radius 3 is 2.81 bits per heavy atom. The SMILES string of the molecule is CC(=Cc1cccc(C)c1C)c1cnc[nH]1. The fourth-order valence-corrected chi connectivity index (χ4v) is 1.71. The molecule has 16 heavy (non-hydrogen) atoms. The van der Waals surface area contributed by atoms with E-state index in [2.05, 4.69) is 55.0 Å². The molecule has 1 aromatic carbocycles. The first-order valence-electron chi connectivity index (χ1n) is 5.42. The van der Waals surface area contributed by atoms with Gasteiger partial charge in [0.05, 0.1) is 18.2 Å². The van der Waals surface area contributed by atoms with Crippen LogP contribution in [0.4, 0.5) is 0 Å². The maximum Gasteiger partial charge on any atom is 0.0924 e. The Bertz CT molecular complexity index is 508. The quantitative estimate of drug-likeness (QED) is 0.809. The minimum absolute atomic E-state index is 1.07. The van der Waals surface area contributed by atoms with Gasteiger partial charge in [-0.25, -0.2) is 4.98 Å². The monoisotopic (exact) mass is 212 g/mol. The van der Waals surface area contributed by atoms with Crippen LogP contribution in [0.2, 0.25) is 0 Å². The zero-order valence-corrected chi connectivity index (χ0v) is 9.91. The Hall–Kier alpha value is -1.83. The van der Waals surface area contributed by atoms with E-state index in [0.29, 0.717) is 0 Å². The highest BCUT2D eigenvalue weighted by molar-refractivity contribution is 5.79. The molecule has 1 aromatic heterocycles. The van der Waals surface area contributed by atoms with Crippen LogP contribution in [-0.4, -0.2) is 9.97 Å². The van der Waals surface area contributed by atoms with Gasteiger partial charge in [-0.05, 0) is 49.1 Å². The fraction of sp³-hybridized carbons (Fsp3) is 0.214. The van der Waals surface area contributed by atoms with Gasteiger partial charge >= 0.3 is 0 Å². The zero-order valence-electron chi connectivity index (χ0n) is 9.91. The molecule has 0 saturated heterocycles. The van der Waals surface area contributed by atoms with Crippen molar-refractivity contribution in [3.05, 3.63) is 53.1 Å². The number of aromatic nitrogens is 2. The van der Waals surface area contributed by atoms with Gasteiger partial charge in [-0.2, -0.15) is 0 Å². The summed E-state index contributed by atoms with van der Waals surface area (Å²) in [6, 6.07) is 6.37. The van der Waals surface area contributed by atoms with E-state index in [4.69, 9.17) is 0 Å². The molecule has 0 atom stereocenters. The summed E-state index contributed by atoms with van der Waals surface area (Å²) in [6.07, 6.45) is 5.74. The molecular weight excluding hydrogens is 196 g/mol. The number of imidazole rings is 1. The minimum Gasteiger partial charge on any atom is -0.345 e. The molecule has 0 spiro atoms. The molecule has 0 radical (unpaired) electrons. The van der Waals surface area contributed by atoms with Gasteiger partial charge in [-0.15, -0.1) is 0 Å². The molecule has 82 valence electrons. The van der Waals surface area contributed by atoms with E-state index < -0.39 is 0 Å². The largest absolute Gasteiger partial charge is 0.345 e. The van der Waals surface area contributed by atoms with Gasteiger partial charge in [0.2, 0.25) is 0 Å². The summed E-state index contributed by atoms with van der Waals surface area (Å²) in [7, 11) is 0. The Morgan fingerprint density at radius 1 is 1.31 bits per heavy atom. The third-order valence-electron chi connectivity index (χ3n) is 2.94. The summed E-state index contributed by atoms with van der Waals surface area (Å²) in [6.45, 7) is 6.38. The second-order valence-electron chi connectivity index (χ2n) is 4.08. The van der Waals surface area contributed by atoms with E-state index in [1.807, 2.05) is 6.20 Å². The number of rotatable bonds is 2. The second-order valence-corrected chi connectivity index (χ2v) is 4.08. The van der Waals surface area contributed by atoms with Crippen molar-refractivity contribution in [2.24, 2.45) is 0 Å². The Labute approximate surface area is 96.1 Å². The highest BCUT2D eigenvalue weighted by atomic mass is 14.9. The van der Waals surface area contributed by atoms with Gasteiger partial charge < -0.3 is 4.98 Å². The van der Waals surface area contributed by atoms with Gasteiger partial charge in [0.1, 0.15) is 0 Å². The number of aromatic amines is 1. The third-order valence-corrected chi connectivity index (χ3v) is 2.94. The van der Waals surface area contributed by atoms with Crippen molar-refractivity contribution < 1.29 is 0 Å². The van der Waals surface area contributed by atoms with Gasteiger partial charge in [0.15, 0.2) is 0 Å². The molecule has 0 aliphatic rings. The van der Waals surface area contributed by atoms with Gasteiger partial charge in [0, 0.05) is 0 Å². The lowest BCUT2D eigenvalue weighted by atomic mass is 10.0. The number of benzene rings is 1. The Morgan fingerprint density at radius 2 is 2.12 bits per heavy atom. The Kier molecular flexibility index (Phi) is 2.91. The molecule has 1 heterocycles. The third kappa shape index (κ3) is 2.06. The number of aryl methyl sites for hydroxylation is 1. The minimum atomic E-state index is 1.07. The van der Waals surface area contributed by atoms with Gasteiger partial charge in [-0.3, -0.25) is 0 Å². The number of allylic oxidation sites excluding steroid dienone is 1. The van der Waals surface area contributed by atoms with Crippen LogP contribution in [0.5, 0.6) is 0 Å². The van der Waals surface area contributed by atoms with Crippen molar-refractivity contribution in [1.29, 1.82) is 0 Å². The smallest absolute Gasteiger partial charge is 0.0924 e. The van der Waals surface area contributed by atoms with Crippen LogP contribution in [0, 0.1) is 13.8 Å². The van der Waals surface area contributed by atoms with E-state index >= 15 is 0 Å². The summed E-state index contributed by atoms with van der Waals surface area (Å²) < 4.78 is 0. The fourth-order valence-electron chi connectivity index (χ4n) is 1.71. The predicted molar refractivity (Wildman–Crippen MR) is 68.0 cm³/mol. The van der Waals surface area contributed by atoms with Crippen molar-refractivity contribution in [2.75, 3.05) is 0 Å². The van der Waals surface area contributed by atoms with Crippen LogP contribution in [0.15, 0.2) is 30.7 Å². The molecule has 0 amide bonds. The van der Waals surface area contributed by atoms with E-state index in [1.165, 1.54) is 22.3 Å². The van der Waals surface area contributed by atoms with Crippen LogP contribution in [0.25, 0.3) is 11.6 Å². The van der Waals surface area contributed by atoms with Crippen molar-refractivity contribution in [1.82, 2.24) is 9.97 Å². The average molecular weight is 212 g/mol. The molecule has 1 N–H and O–H groups in total. The first-order valence-corrected chi connectivity index (χ1v) is 5.42. The average Bonchev–Trinajstić information content (AvgIpc) is 2.78. The summed E-state index contributed by atoms with van der Waals surface area (Å²) in [5.41, 5.74) is 6.20. The van der Waals surface area contributed by atoms with Crippen molar-refractivity contribution >= 4 is 11.6 Å². The van der Waals surface area contributed by atoms with Gasteiger partial charge in [0.25, 0.3) is 0 Å². The summed E-state index contributed by atoms with van der Waals surface area (Å²) in [4.78, 5) is 7.14. The first-order chi connectivity index (χ1) is 7.68.